The summed E-state index contributed by atoms with van der Waals surface area (Å²) in [6.45, 7) is 0. The first kappa shape index (κ1) is 17.4. The summed E-state index contributed by atoms with van der Waals surface area (Å²) >= 11 is 1.36. The zero-order valence-electron chi connectivity index (χ0n) is 13.8. The minimum absolute atomic E-state index is 0.0385. The molecule has 5 nitrogen and oxygen atoms in total. The van der Waals surface area contributed by atoms with E-state index in [9.17, 15) is 9.59 Å². The van der Waals surface area contributed by atoms with Crippen LogP contribution in [0.25, 0.3) is 0 Å². The molecule has 0 radical (unpaired) electrons. The van der Waals surface area contributed by atoms with E-state index in [1.807, 2.05) is 54.6 Å². The second kappa shape index (κ2) is 8.07. The number of amides is 2. The SMILES string of the molecule is NC(=O)CSc1ccccc1N[C@H](C(=O)NC1CC1)c1ccccc1. The van der Waals surface area contributed by atoms with Gasteiger partial charge in [0.05, 0.1) is 5.75 Å². The Balaban J connectivity index is 1.82. The topological polar surface area (TPSA) is 84.2 Å². The first-order valence-electron chi connectivity index (χ1n) is 8.25. The van der Waals surface area contributed by atoms with Crippen LogP contribution in [0.1, 0.15) is 24.4 Å². The van der Waals surface area contributed by atoms with Crippen molar-refractivity contribution in [1.82, 2.24) is 5.32 Å². The Morgan fingerprint density at radius 3 is 2.44 bits per heavy atom. The Morgan fingerprint density at radius 2 is 1.76 bits per heavy atom. The minimum Gasteiger partial charge on any atom is -0.369 e. The molecular weight excluding hydrogens is 334 g/mol. The summed E-state index contributed by atoms with van der Waals surface area (Å²) in [7, 11) is 0. The van der Waals surface area contributed by atoms with Crippen molar-refractivity contribution in [3.63, 3.8) is 0 Å². The fourth-order valence-electron chi connectivity index (χ4n) is 2.47. The summed E-state index contributed by atoms with van der Waals surface area (Å²) in [6, 6.07) is 17.1. The number of nitrogens with one attached hydrogen (secondary N) is 2. The highest BCUT2D eigenvalue weighted by Crippen LogP contribution is 2.30. The van der Waals surface area contributed by atoms with Crippen LogP contribution in [-0.2, 0) is 9.59 Å². The molecule has 6 heteroatoms. The summed E-state index contributed by atoms with van der Waals surface area (Å²) in [5.41, 5.74) is 6.96. The zero-order chi connectivity index (χ0) is 17.6. The highest BCUT2D eigenvalue weighted by Gasteiger charge is 2.28. The molecule has 1 fully saturated rings. The number of primary amides is 1. The van der Waals surface area contributed by atoms with E-state index in [1.54, 1.807) is 0 Å². The Kier molecular flexibility index (Phi) is 5.60. The predicted octanol–water partition coefficient (Wildman–Crippen LogP) is 2.70. The third-order valence-electron chi connectivity index (χ3n) is 3.88. The molecule has 0 unspecified atom stereocenters. The van der Waals surface area contributed by atoms with Gasteiger partial charge in [0.2, 0.25) is 11.8 Å². The van der Waals surface area contributed by atoms with Crippen molar-refractivity contribution in [2.75, 3.05) is 11.1 Å². The van der Waals surface area contributed by atoms with Gasteiger partial charge in [-0.15, -0.1) is 11.8 Å². The molecule has 1 saturated carbocycles. The van der Waals surface area contributed by atoms with Gasteiger partial charge in [-0.3, -0.25) is 9.59 Å². The molecule has 2 aromatic rings. The van der Waals surface area contributed by atoms with Crippen molar-refractivity contribution in [3.8, 4) is 0 Å². The molecular formula is C19H21N3O2S. The molecule has 1 aliphatic carbocycles. The van der Waals surface area contributed by atoms with Crippen molar-refractivity contribution in [2.24, 2.45) is 5.73 Å². The average molecular weight is 355 g/mol. The minimum atomic E-state index is -0.489. The van der Waals surface area contributed by atoms with E-state index in [0.29, 0.717) is 6.04 Å². The van der Waals surface area contributed by atoms with Gasteiger partial charge in [-0.1, -0.05) is 42.5 Å². The van der Waals surface area contributed by atoms with Gasteiger partial charge in [-0.05, 0) is 30.5 Å². The maximum atomic E-state index is 12.7. The lowest BCUT2D eigenvalue weighted by molar-refractivity contribution is -0.122. The van der Waals surface area contributed by atoms with E-state index in [0.717, 1.165) is 29.0 Å². The Morgan fingerprint density at radius 1 is 1.08 bits per heavy atom. The van der Waals surface area contributed by atoms with Crippen molar-refractivity contribution >= 4 is 29.3 Å². The average Bonchev–Trinajstić information content (AvgIpc) is 3.43. The summed E-state index contributed by atoms with van der Waals surface area (Å²) in [5.74, 6) is -0.211. The Hall–Kier alpha value is -2.47. The number of carbonyl (C=O) groups excluding carboxylic acids is 2. The molecule has 4 N–H and O–H groups in total. The van der Waals surface area contributed by atoms with Gasteiger partial charge < -0.3 is 16.4 Å². The van der Waals surface area contributed by atoms with Gasteiger partial charge in [0.1, 0.15) is 6.04 Å². The number of thioether (sulfide) groups is 1. The maximum Gasteiger partial charge on any atom is 0.247 e. The highest BCUT2D eigenvalue weighted by atomic mass is 32.2. The van der Waals surface area contributed by atoms with E-state index in [4.69, 9.17) is 5.73 Å². The standard InChI is InChI=1S/C19H21N3O2S/c20-17(23)12-25-16-9-5-4-8-15(16)22-18(13-6-2-1-3-7-13)19(24)21-14-10-11-14/h1-9,14,18,22H,10-12H2,(H2,20,23)(H,21,24)/t18-/m0/s1. The van der Waals surface area contributed by atoms with E-state index in [2.05, 4.69) is 10.6 Å². The van der Waals surface area contributed by atoms with Gasteiger partial charge >= 0.3 is 0 Å². The molecule has 0 saturated heterocycles. The van der Waals surface area contributed by atoms with Gasteiger partial charge in [0.25, 0.3) is 0 Å². The molecule has 0 aromatic heterocycles. The van der Waals surface area contributed by atoms with Crippen LogP contribution in [-0.4, -0.2) is 23.6 Å². The van der Waals surface area contributed by atoms with Gasteiger partial charge in [0, 0.05) is 16.6 Å². The van der Waals surface area contributed by atoms with E-state index in [-0.39, 0.29) is 17.6 Å². The smallest absolute Gasteiger partial charge is 0.247 e. The molecule has 0 heterocycles. The fraction of sp³-hybridized carbons (Fsp3) is 0.263. The molecule has 1 aliphatic rings. The second-order valence-electron chi connectivity index (χ2n) is 6.02. The lowest BCUT2D eigenvalue weighted by atomic mass is 10.1. The molecule has 1 atom stereocenters. The lowest BCUT2D eigenvalue weighted by Crippen LogP contribution is -2.35. The normalized spacial score (nSPS) is 14.6. The molecule has 0 spiro atoms. The van der Waals surface area contributed by atoms with E-state index >= 15 is 0 Å². The molecule has 130 valence electrons. The van der Waals surface area contributed by atoms with Gasteiger partial charge in [-0.2, -0.15) is 0 Å². The van der Waals surface area contributed by atoms with Crippen LogP contribution in [0.2, 0.25) is 0 Å². The van der Waals surface area contributed by atoms with Crippen molar-refractivity contribution in [2.45, 2.75) is 29.8 Å². The second-order valence-corrected chi connectivity index (χ2v) is 7.04. The summed E-state index contributed by atoms with van der Waals surface area (Å²) in [6.07, 6.45) is 2.08. The van der Waals surface area contributed by atoms with Gasteiger partial charge in [0.15, 0.2) is 0 Å². The first-order chi connectivity index (χ1) is 12.1. The van der Waals surface area contributed by atoms with Crippen LogP contribution in [0, 0.1) is 0 Å². The largest absolute Gasteiger partial charge is 0.369 e. The maximum absolute atomic E-state index is 12.7. The molecule has 2 aromatic carbocycles. The number of nitrogens with two attached hydrogens (primary N) is 1. The van der Waals surface area contributed by atoms with Gasteiger partial charge in [-0.25, -0.2) is 0 Å². The summed E-state index contributed by atoms with van der Waals surface area (Å²) < 4.78 is 0. The molecule has 2 amide bonds. The lowest BCUT2D eigenvalue weighted by Gasteiger charge is -2.21. The first-order valence-corrected chi connectivity index (χ1v) is 9.24. The van der Waals surface area contributed by atoms with E-state index < -0.39 is 6.04 Å². The molecule has 25 heavy (non-hydrogen) atoms. The summed E-state index contributed by atoms with van der Waals surface area (Å²) in [4.78, 5) is 24.7. The van der Waals surface area contributed by atoms with Crippen LogP contribution in [0.15, 0.2) is 59.5 Å². The van der Waals surface area contributed by atoms with Crippen molar-refractivity contribution in [3.05, 3.63) is 60.2 Å². The van der Waals surface area contributed by atoms with Crippen molar-refractivity contribution < 1.29 is 9.59 Å². The number of rotatable bonds is 8. The third kappa shape index (κ3) is 5.00. The number of para-hydroxylation sites is 1. The number of hydrogen-bond acceptors (Lipinski definition) is 4. The number of hydrogen-bond donors (Lipinski definition) is 3. The zero-order valence-corrected chi connectivity index (χ0v) is 14.6. The molecule has 3 rings (SSSR count). The molecule has 0 aliphatic heterocycles. The van der Waals surface area contributed by atoms with Crippen LogP contribution in [0.5, 0.6) is 0 Å². The quantitative estimate of drug-likeness (QED) is 0.636. The monoisotopic (exact) mass is 355 g/mol. The Bertz CT molecular complexity index is 747. The van der Waals surface area contributed by atoms with Crippen LogP contribution >= 0.6 is 11.8 Å². The molecule has 0 bridgehead atoms. The van der Waals surface area contributed by atoms with Crippen LogP contribution < -0.4 is 16.4 Å². The predicted molar refractivity (Wildman–Crippen MR) is 100 cm³/mol. The summed E-state index contributed by atoms with van der Waals surface area (Å²) in [5, 5.41) is 6.40. The van der Waals surface area contributed by atoms with Crippen LogP contribution in [0.3, 0.4) is 0 Å². The number of benzene rings is 2. The highest BCUT2D eigenvalue weighted by molar-refractivity contribution is 8.00. The van der Waals surface area contributed by atoms with E-state index in [1.165, 1.54) is 11.8 Å². The van der Waals surface area contributed by atoms with Crippen LogP contribution in [0.4, 0.5) is 5.69 Å². The Labute approximate surface area is 151 Å². The number of carbonyl (C=O) groups is 2. The third-order valence-corrected chi connectivity index (χ3v) is 4.97. The number of anilines is 1. The fourth-order valence-corrected chi connectivity index (χ4v) is 3.23. The van der Waals surface area contributed by atoms with Crippen molar-refractivity contribution in [1.29, 1.82) is 0 Å².